The van der Waals surface area contributed by atoms with Gasteiger partial charge in [0.2, 0.25) is 0 Å². The predicted octanol–water partition coefficient (Wildman–Crippen LogP) is 1.37. The van der Waals surface area contributed by atoms with Gasteiger partial charge in [-0.15, -0.1) is 0 Å². The van der Waals surface area contributed by atoms with E-state index < -0.39 is 5.82 Å². The molecule has 0 spiro atoms. The minimum Gasteiger partial charge on any atom is -0.319 e. The van der Waals surface area contributed by atoms with E-state index in [2.05, 4.69) is 9.97 Å². The SMILES string of the molecule is Cc1nc2c(F)cccc2[nH]c1=O. The highest BCUT2D eigenvalue weighted by Gasteiger charge is 2.03. The van der Waals surface area contributed by atoms with Gasteiger partial charge < -0.3 is 4.98 Å². The van der Waals surface area contributed by atoms with Gasteiger partial charge in [-0.05, 0) is 19.1 Å². The molecule has 0 aliphatic carbocycles. The molecule has 1 aromatic carbocycles. The van der Waals surface area contributed by atoms with Crippen molar-refractivity contribution in [2.24, 2.45) is 0 Å². The van der Waals surface area contributed by atoms with Crippen LogP contribution in [0.2, 0.25) is 0 Å². The number of halogens is 1. The van der Waals surface area contributed by atoms with Gasteiger partial charge in [0.25, 0.3) is 5.56 Å². The summed E-state index contributed by atoms with van der Waals surface area (Å²) in [5.41, 5.74) is 0.630. The van der Waals surface area contributed by atoms with Crippen molar-refractivity contribution < 1.29 is 4.39 Å². The fourth-order valence-corrected chi connectivity index (χ4v) is 1.16. The van der Waals surface area contributed by atoms with Gasteiger partial charge in [0.1, 0.15) is 11.2 Å². The summed E-state index contributed by atoms with van der Waals surface area (Å²) < 4.78 is 13.1. The molecule has 0 radical (unpaired) electrons. The Hall–Kier alpha value is -1.71. The van der Waals surface area contributed by atoms with Crippen molar-refractivity contribution in [2.45, 2.75) is 6.92 Å². The first kappa shape index (κ1) is 7.91. The van der Waals surface area contributed by atoms with Gasteiger partial charge in [-0.2, -0.15) is 0 Å². The van der Waals surface area contributed by atoms with E-state index in [0.717, 1.165) is 0 Å². The molecule has 13 heavy (non-hydrogen) atoms. The van der Waals surface area contributed by atoms with Crippen LogP contribution in [0.25, 0.3) is 11.0 Å². The zero-order chi connectivity index (χ0) is 9.42. The Labute approximate surface area is 73.2 Å². The fourth-order valence-electron chi connectivity index (χ4n) is 1.16. The molecular formula is C9H7FN2O. The van der Waals surface area contributed by atoms with Crippen LogP contribution in [0.4, 0.5) is 4.39 Å². The number of aromatic nitrogens is 2. The van der Waals surface area contributed by atoms with Gasteiger partial charge in [0.05, 0.1) is 5.52 Å². The Balaban J connectivity index is 2.97. The molecule has 0 atom stereocenters. The largest absolute Gasteiger partial charge is 0.319 e. The van der Waals surface area contributed by atoms with Crippen molar-refractivity contribution in [2.75, 3.05) is 0 Å². The molecular weight excluding hydrogens is 171 g/mol. The van der Waals surface area contributed by atoms with Gasteiger partial charge in [0, 0.05) is 0 Å². The second-order valence-electron chi connectivity index (χ2n) is 2.79. The Morgan fingerprint density at radius 1 is 1.46 bits per heavy atom. The van der Waals surface area contributed by atoms with Crippen molar-refractivity contribution in [3.05, 3.63) is 40.1 Å². The smallest absolute Gasteiger partial charge is 0.269 e. The van der Waals surface area contributed by atoms with Gasteiger partial charge in [-0.25, -0.2) is 9.37 Å². The van der Waals surface area contributed by atoms with E-state index in [1.807, 2.05) is 0 Å². The van der Waals surface area contributed by atoms with Gasteiger partial charge in [-0.1, -0.05) is 6.07 Å². The average molecular weight is 178 g/mol. The molecule has 0 bridgehead atoms. The van der Waals surface area contributed by atoms with E-state index in [-0.39, 0.29) is 16.8 Å². The lowest BCUT2D eigenvalue weighted by molar-refractivity contribution is 0.636. The number of H-pyrrole nitrogens is 1. The number of rotatable bonds is 0. The number of aryl methyl sites for hydroxylation is 1. The molecule has 66 valence electrons. The molecule has 2 rings (SSSR count). The van der Waals surface area contributed by atoms with E-state index in [9.17, 15) is 9.18 Å². The third kappa shape index (κ3) is 1.20. The minimum atomic E-state index is -0.420. The number of nitrogens with zero attached hydrogens (tertiary/aromatic N) is 1. The highest BCUT2D eigenvalue weighted by molar-refractivity contribution is 5.74. The third-order valence-electron chi connectivity index (χ3n) is 1.84. The Kier molecular flexibility index (Phi) is 1.62. The quantitative estimate of drug-likeness (QED) is 0.662. The zero-order valence-electron chi connectivity index (χ0n) is 6.97. The van der Waals surface area contributed by atoms with Crippen LogP contribution in [0.15, 0.2) is 23.0 Å². The average Bonchev–Trinajstić information content (AvgIpc) is 2.09. The molecule has 1 heterocycles. The van der Waals surface area contributed by atoms with E-state index in [1.54, 1.807) is 13.0 Å². The number of fused-ring (bicyclic) bond motifs is 1. The maximum Gasteiger partial charge on any atom is 0.269 e. The number of hydrogen-bond donors (Lipinski definition) is 1. The molecule has 0 aliphatic rings. The maximum atomic E-state index is 13.1. The lowest BCUT2D eigenvalue weighted by Crippen LogP contribution is -2.11. The molecule has 0 amide bonds. The van der Waals surface area contributed by atoms with E-state index >= 15 is 0 Å². The highest BCUT2D eigenvalue weighted by atomic mass is 19.1. The van der Waals surface area contributed by atoms with Crippen molar-refractivity contribution in [3.8, 4) is 0 Å². The number of hydrogen-bond acceptors (Lipinski definition) is 2. The van der Waals surface area contributed by atoms with Crippen molar-refractivity contribution >= 4 is 11.0 Å². The van der Waals surface area contributed by atoms with E-state index in [1.165, 1.54) is 12.1 Å². The summed E-state index contributed by atoms with van der Waals surface area (Å²) in [7, 11) is 0. The van der Waals surface area contributed by atoms with Crippen LogP contribution < -0.4 is 5.56 Å². The summed E-state index contributed by atoms with van der Waals surface area (Å²) in [5.74, 6) is -0.420. The molecule has 1 N–H and O–H groups in total. The standard InChI is InChI=1S/C9H7FN2O/c1-5-9(13)12-7-4-2-3-6(10)8(7)11-5/h2-4H,1H3,(H,12,13). The molecule has 0 fully saturated rings. The normalized spacial score (nSPS) is 10.6. The Bertz CT molecular complexity index is 518. The Morgan fingerprint density at radius 3 is 3.00 bits per heavy atom. The molecule has 0 unspecified atom stereocenters. The molecule has 0 saturated carbocycles. The summed E-state index contributed by atoms with van der Waals surface area (Å²) >= 11 is 0. The lowest BCUT2D eigenvalue weighted by atomic mass is 10.3. The van der Waals surface area contributed by atoms with Crippen LogP contribution in [0.1, 0.15) is 5.69 Å². The summed E-state index contributed by atoms with van der Waals surface area (Å²) in [6.07, 6.45) is 0. The molecule has 0 saturated heterocycles. The minimum absolute atomic E-state index is 0.208. The van der Waals surface area contributed by atoms with Crippen LogP contribution in [0, 0.1) is 12.7 Å². The summed E-state index contributed by atoms with van der Waals surface area (Å²) in [6, 6.07) is 4.46. The topological polar surface area (TPSA) is 45.8 Å². The molecule has 4 heteroatoms. The third-order valence-corrected chi connectivity index (χ3v) is 1.84. The number of aromatic amines is 1. The molecule has 1 aromatic heterocycles. The van der Waals surface area contributed by atoms with E-state index in [4.69, 9.17) is 0 Å². The summed E-state index contributed by atoms with van der Waals surface area (Å²) in [4.78, 5) is 17.5. The van der Waals surface area contributed by atoms with Crippen LogP contribution >= 0.6 is 0 Å². The second-order valence-corrected chi connectivity index (χ2v) is 2.79. The van der Waals surface area contributed by atoms with Crippen molar-refractivity contribution in [1.82, 2.24) is 9.97 Å². The molecule has 3 nitrogen and oxygen atoms in total. The number of para-hydroxylation sites is 1. The monoisotopic (exact) mass is 178 g/mol. The van der Waals surface area contributed by atoms with Crippen molar-refractivity contribution in [1.29, 1.82) is 0 Å². The summed E-state index contributed by atoms with van der Waals surface area (Å²) in [5, 5.41) is 0. The number of nitrogens with one attached hydrogen (secondary N) is 1. The first-order valence-electron chi connectivity index (χ1n) is 3.83. The summed E-state index contributed by atoms with van der Waals surface area (Å²) in [6.45, 7) is 1.55. The Morgan fingerprint density at radius 2 is 2.23 bits per heavy atom. The zero-order valence-corrected chi connectivity index (χ0v) is 6.97. The van der Waals surface area contributed by atoms with Crippen LogP contribution in [0.3, 0.4) is 0 Å². The van der Waals surface area contributed by atoms with Crippen molar-refractivity contribution in [3.63, 3.8) is 0 Å². The van der Waals surface area contributed by atoms with E-state index in [0.29, 0.717) is 5.52 Å². The highest BCUT2D eigenvalue weighted by Crippen LogP contribution is 2.10. The lowest BCUT2D eigenvalue weighted by Gasteiger charge is -1.98. The fraction of sp³-hybridized carbons (Fsp3) is 0.111. The van der Waals surface area contributed by atoms with Crippen LogP contribution in [-0.2, 0) is 0 Å². The van der Waals surface area contributed by atoms with Gasteiger partial charge in [-0.3, -0.25) is 4.79 Å². The van der Waals surface area contributed by atoms with Gasteiger partial charge in [0.15, 0.2) is 5.82 Å². The van der Waals surface area contributed by atoms with Crippen LogP contribution in [0.5, 0.6) is 0 Å². The van der Waals surface area contributed by atoms with Gasteiger partial charge >= 0.3 is 0 Å². The maximum absolute atomic E-state index is 13.1. The first-order valence-corrected chi connectivity index (χ1v) is 3.83. The second kappa shape index (κ2) is 2.65. The van der Waals surface area contributed by atoms with Crippen LogP contribution in [-0.4, -0.2) is 9.97 Å². The predicted molar refractivity (Wildman–Crippen MR) is 47.1 cm³/mol. The molecule has 0 aliphatic heterocycles. The molecule has 2 aromatic rings. The first-order chi connectivity index (χ1) is 6.18. The number of benzene rings is 1.